The lowest BCUT2D eigenvalue weighted by molar-refractivity contribution is 0.0943. The van der Waals surface area contributed by atoms with Crippen LogP contribution in [0.25, 0.3) is 11.4 Å². The Kier molecular flexibility index (Phi) is 7.40. The van der Waals surface area contributed by atoms with Gasteiger partial charge in [-0.15, -0.1) is 5.10 Å². The molecule has 7 heteroatoms. The Bertz CT molecular complexity index is 1160. The van der Waals surface area contributed by atoms with Crippen molar-refractivity contribution in [1.82, 2.24) is 25.1 Å². The van der Waals surface area contributed by atoms with Crippen LogP contribution in [0.4, 0.5) is 0 Å². The highest BCUT2D eigenvalue weighted by molar-refractivity contribution is 6.03. The van der Waals surface area contributed by atoms with Crippen molar-refractivity contribution in [3.63, 3.8) is 0 Å². The van der Waals surface area contributed by atoms with Crippen LogP contribution in [0.2, 0.25) is 0 Å². The van der Waals surface area contributed by atoms with E-state index >= 15 is 0 Å². The van der Waals surface area contributed by atoms with Gasteiger partial charge < -0.3 is 5.32 Å². The molecule has 1 aromatic rings. The first-order valence-corrected chi connectivity index (χ1v) is 14.4. The standard InChI is InChI=1S/C30H40N6O/c37-30(31-21-24-11-5-2-6-12-24)27-25-13-7-8-14-26(25)29-28(27)32-22-33-36(29)35-19-17-34(18-20-35)16-15-23-9-3-1-4-10-23/h1,3-4,9-10,22,24H,2,5-8,11-21H2,(H,31,37). The van der Waals surface area contributed by atoms with Gasteiger partial charge in [-0.25, -0.2) is 4.98 Å². The fraction of sp³-hybridized carbons (Fsp3) is 0.567. The van der Waals surface area contributed by atoms with Crippen molar-refractivity contribution in [2.75, 3.05) is 44.3 Å². The van der Waals surface area contributed by atoms with Crippen LogP contribution in [0.3, 0.4) is 0 Å². The molecule has 1 aromatic carbocycles. The number of benzene rings is 1. The fourth-order valence-electron chi connectivity index (χ4n) is 6.64. The second-order valence-electron chi connectivity index (χ2n) is 11.1. The molecular formula is C30H40N6O. The van der Waals surface area contributed by atoms with Gasteiger partial charge in [-0.3, -0.25) is 14.7 Å². The average molecular weight is 501 g/mol. The van der Waals surface area contributed by atoms with E-state index in [0.29, 0.717) is 5.92 Å². The summed E-state index contributed by atoms with van der Waals surface area (Å²) in [6.07, 6.45) is 13.4. The predicted octanol–water partition coefficient (Wildman–Crippen LogP) is 4.07. The van der Waals surface area contributed by atoms with Gasteiger partial charge in [-0.05, 0) is 67.6 Å². The number of piperazine rings is 1. The van der Waals surface area contributed by atoms with Crippen molar-refractivity contribution in [2.45, 2.75) is 64.2 Å². The number of fused-ring (bicyclic) bond motifs is 3. The molecule has 3 aliphatic carbocycles. The maximum atomic E-state index is 13.6. The van der Waals surface area contributed by atoms with Crippen LogP contribution in [0.5, 0.6) is 0 Å². The van der Waals surface area contributed by atoms with Crippen LogP contribution < -0.4 is 10.3 Å². The molecule has 1 amide bonds. The molecular weight excluding hydrogens is 460 g/mol. The van der Waals surface area contributed by atoms with Crippen molar-refractivity contribution in [1.29, 1.82) is 0 Å². The van der Waals surface area contributed by atoms with Gasteiger partial charge in [0.1, 0.15) is 17.7 Å². The van der Waals surface area contributed by atoms with Gasteiger partial charge in [0.2, 0.25) is 0 Å². The van der Waals surface area contributed by atoms with Gasteiger partial charge >= 0.3 is 0 Å². The van der Waals surface area contributed by atoms with E-state index in [9.17, 15) is 4.79 Å². The van der Waals surface area contributed by atoms with E-state index in [4.69, 9.17) is 10.1 Å². The molecule has 5 aliphatic rings. The van der Waals surface area contributed by atoms with E-state index in [1.807, 2.05) is 0 Å². The Labute approximate surface area is 220 Å². The van der Waals surface area contributed by atoms with Gasteiger partial charge in [0.25, 0.3) is 5.91 Å². The lowest BCUT2D eigenvalue weighted by atomic mass is 9.89. The lowest BCUT2D eigenvalue weighted by Gasteiger charge is -2.37. The number of carbonyl (C=O) groups is 1. The summed E-state index contributed by atoms with van der Waals surface area (Å²) in [7, 11) is 0. The van der Waals surface area contributed by atoms with Crippen LogP contribution in [0.1, 0.15) is 72.0 Å². The lowest BCUT2D eigenvalue weighted by Crippen LogP contribution is -2.52. The number of aromatic nitrogens is 3. The summed E-state index contributed by atoms with van der Waals surface area (Å²) in [5.74, 6) is 0.683. The SMILES string of the molecule is O=C(NCC1CCCCC1)c1c2ncnn(N3CCN(CCc4ccccc4)CC3)c-2c2c1CCCC2. The van der Waals surface area contributed by atoms with Gasteiger partial charge in [0, 0.05) is 39.3 Å². The van der Waals surface area contributed by atoms with Crippen molar-refractivity contribution >= 4 is 5.91 Å². The largest absolute Gasteiger partial charge is 0.352 e. The molecule has 1 saturated carbocycles. The molecule has 196 valence electrons. The summed E-state index contributed by atoms with van der Waals surface area (Å²) < 4.78 is 0. The third kappa shape index (κ3) is 5.24. The third-order valence-corrected chi connectivity index (χ3v) is 8.74. The van der Waals surface area contributed by atoms with Gasteiger partial charge in [0.15, 0.2) is 0 Å². The maximum Gasteiger partial charge on any atom is 0.253 e. The number of nitrogens with zero attached hydrogens (tertiary/aromatic N) is 5. The van der Waals surface area contributed by atoms with Crippen molar-refractivity contribution < 1.29 is 4.79 Å². The van der Waals surface area contributed by atoms with E-state index in [1.54, 1.807) is 6.33 Å². The number of amides is 1. The Morgan fingerprint density at radius 1 is 0.919 bits per heavy atom. The van der Waals surface area contributed by atoms with Crippen molar-refractivity contribution in [2.24, 2.45) is 5.92 Å². The van der Waals surface area contributed by atoms with Crippen LogP contribution in [0.15, 0.2) is 36.7 Å². The van der Waals surface area contributed by atoms with Crippen molar-refractivity contribution in [3.8, 4) is 11.4 Å². The first-order valence-electron chi connectivity index (χ1n) is 14.4. The number of nitrogens with one attached hydrogen (secondary N) is 1. The van der Waals surface area contributed by atoms with Crippen molar-refractivity contribution in [3.05, 3.63) is 58.9 Å². The quantitative estimate of drug-likeness (QED) is 0.530. The fourth-order valence-corrected chi connectivity index (χ4v) is 6.64. The highest BCUT2D eigenvalue weighted by Gasteiger charge is 2.34. The van der Waals surface area contributed by atoms with Gasteiger partial charge in [-0.2, -0.15) is 4.79 Å². The number of hydrogen-bond donors (Lipinski definition) is 1. The highest BCUT2D eigenvalue weighted by Crippen LogP contribution is 2.39. The average Bonchev–Trinajstić information content (AvgIpc) is 3.31. The highest BCUT2D eigenvalue weighted by atomic mass is 16.1. The molecule has 2 heterocycles. The topological polar surface area (TPSA) is 66.3 Å². The number of hydrogen-bond acceptors (Lipinski definition) is 5. The molecule has 37 heavy (non-hydrogen) atoms. The number of rotatable bonds is 7. The molecule has 0 aromatic heterocycles. The van der Waals surface area contributed by atoms with Crippen LogP contribution in [-0.2, 0) is 19.3 Å². The van der Waals surface area contributed by atoms with Crippen LogP contribution in [-0.4, -0.2) is 64.9 Å². The maximum absolute atomic E-state index is 13.6. The third-order valence-electron chi connectivity index (χ3n) is 8.74. The Morgan fingerprint density at radius 3 is 2.46 bits per heavy atom. The zero-order chi connectivity index (χ0) is 25.0. The minimum Gasteiger partial charge on any atom is -0.352 e. The van der Waals surface area contributed by atoms with E-state index in [1.165, 1.54) is 48.8 Å². The molecule has 0 radical (unpaired) electrons. The van der Waals surface area contributed by atoms with E-state index < -0.39 is 0 Å². The van der Waals surface area contributed by atoms with E-state index in [-0.39, 0.29) is 5.91 Å². The summed E-state index contributed by atoms with van der Waals surface area (Å²) in [6, 6.07) is 10.7. The predicted molar refractivity (Wildman–Crippen MR) is 147 cm³/mol. The normalized spacial score (nSPS) is 19.2. The molecule has 0 unspecified atom stereocenters. The Hall–Kier alpha value is -2.93. The Balaban J connectivity index is 1.18. The first-order chi connectivity index (χ1) is 18.3. The summed E-state index contributed by atoms with van der Waals surface area (Å²) in [5, 5.41) is 10.4. The molecule has 0 atom stereocenters. The molecule has 1 saturated heterocycles. The van der Waals surface area contributed by atoms with E-state index in [2.05, 4.69) is 50.3 Å². The molecule has 1 N–H and O–H groups in total. The second-order valence-corrected chi connectivity index (χ2v) is 11.1. The zero-order valence-electron chi connectivity index (χ0n) is 22.0. The first kappa shape index (κ1) is 24.4. The molecule has 0 bridgehead atoms. The Morgan fingerprint density at radius 2 is 1.68 bits per heavy atom. The van der Waals surface area contributed by atoms with Crippen LogP contribution in [0, 0.1) is 5.92 Å². The van der Waals surface area contributed by atoms with Gasteiger partial charge in [-0.1, -0.05) is 49.6 Å². The monoisotopic (exact) mass is 500 g/mol. The zero-order valence-corrected chi connectivity index (χ0v) is 22.0. The minimum atomic E-state index is 0.0645. The molecule has 6 rings (SSSR count). The summed E-state index contributed by atoms with van der Waals surface area (Å²) in [6.45, 7) is 5.75. The summed E-state index contributed by atoms with van der Waals surface area (Å²) in [5.41, 5.74) is 6.65. The minimum absolute atomic E-state index is 0.0645. The smallest absolute Gasteiger partial charge is 0.253 e. The molecule has 7 nitrogen and oxygen atoms in total. The van der Waals surface area contributed by atoms with Gasteiger partial charge in [0.05, 0.1) is 5.56 Å². The number of carbonyl (C=O) groups excluding carboxylic acids is 1. The second kappa shape index (κ2) is 11.2. The summed E-state index contributed by atoms with van der Waals surface area (Å²) >= 11 is 0. The summed E-state index contributed by atoms with van der Waals surface area (Å²) in [4.78, 5) is 22.9. The molecule has 2 aliphatic heterocycles. The molecule has 2 fully saturated rings. The van der Waals surface area contributed by atoms with Crippen LogP contribution >= 0.6 is 0 Å². The van der Waals surface area contributed by atoms with E-state index in [0.717, 1.165) is 88.3 Å². The molecule has 0 spiro atoms.